The first kappa shape index (κ1) is 84.3. The van der Waals surface area contributed by atoms with E-state index < -0.39 is 155 Å². The van der Waals surface area contributed by atoms with Crippen molar-refractivity contribution < 1.29 is 57.8 Å². The molecule has 24 nitrogen and oxygen atoms in total. The van der Waals surface area contributed by atoms with Gasteiger partial charge in [0.2, 0.25) is 65.0 Å². The Morgan fingerprint density at radius 1 is 0.457 bits per heavy atom. The quantitative estimate of drug-likeness (QED) is 0.0891. The highest BCUT2D eigenvalue weighted by Crippen LogP contribution is 2.28. The highest BCUT2D eigenvalue weighted by molar-refractivity contribution is 7.97. The Balaban J connectivity index is 3.11. The zero-order valence-electron chi connectivity index (χ0n) is 61.9. The zero-order valence-corrected chi connectivity index (χ0v) is 62.7. The van der Waals surface area contributed by atoms with Gasteiger partial charge in [-0.05, 0) is 119 Å². The number of nitrogens with zero attached hydrogens (tertiary/aromatic N) is 8. The topological polar surface area (TPSA) is 282 Å². The summed E-state index contributed by atoms with van der Waals surface area (Å²) in [5, 5.41) is 23.6. The van der Waals surface area contributed by atoms with E-state index in [-0.39, 0.29) is 61.5 Å². The number of allylic oxidation sites excluding steroid dienone is 2. The summed E-state index contributed by atoms with van der Waals surface area (Å²) in [5.41, 5.74) is 0. The molecule has 0 saturated carbocycles. The number of aliphatic hydroxyl groups is 1. The summed E-state index contributed by atoms with van der Waals surface area (Å²) in [7, 11) is 10.2. The Labute approximate surface area is 568 Å². The lowest BCUT2D eigenvalue weighted by molar-refractivity contribution is -0.157. The Morgan fingerprint density at radius 2 is 0.862 bits per heavy atom. The van der Waals surface area contributed by atoms with E-state index in [4.69, 9.17) is 0 Å². The van der Waals surface area contributed by atoms with Crippen molar-refractivity contribution in [2.75, 3.05) is 68.2 Å². The number of hydrogen-bond donors (Lipinski definition) is 5. The smallest absolute Gasteiger partial charge is 0.246 e. The predicted molar refractivity (Wildman–Crippen MR) is 370 cm³/mol. The van der Waals surface area contributed by atoms with Crippen molar-refractivity contribution in [2.45, 2.75) is 249 Å². The molecule has 0 aromatic rings. The van der Waals surface area contributed by atoms with Crippen molar-refractivity contribution in [3.05, 3.63) is 12.2 Å². The van der Waals surface area contributed by atoms with Crippen LogP contribution in [0.1, 0.15) is 176 Å². The van der Waals surface area contributed by atoms with Crippen LogP contribution in [0.15, 0.2) is 12.2 Å². The molecule has 2 rings (SSSR count). The summed E-state index contributed by atoms with van der Waals surface area (Å²) in [5.74, 6) is -9.12. The molecule has 0 spiro atoms. The number of rotatable bonds is 18. The normalized spacial score (nSPS) is 27.7. The number of carbonyl (C=O) groups is 11. The lowest BCUT2D eigenvalue weighted by atomic mass is 9.91. The van der Waals surface area contributed by atoms with E-state index in [1.807, 2.05) is 68.4 Å². The largest absolute Gasteiger partial charge is 0.390 e. The second-order valence-electron chi connectivity index (χ2n) is 29.2. The summed E-state index contributed by atoms with van der Waals surface area (Å²) < 4.78 is 2.16. The molecular weight excluding hydrogens is 1220 g/mol. The van der Waals surface area contributed by atoms with Gasteiger partial charge in [-0.15, -0.1) is 0 Å². The highest BCUT2D eigenvalue weighted by atomic mass is 32.2. The molecule has 2 fully saturated rings. The van der Waals surface area contributed by atoms with Gasteiger partial charge in [-0.1, -0.05) is 128 Å². The molecule has 0 aliphatic carbocycles. The molecule has 5 N–H and O–H groups in total. The fourth-order valence-electron chi connectivity index (χ4n) is 12.3. The van der Waals surface area contributed by atoms with Gasteiger partial charge in [0, 0.05) is 68.2 Å². The second-order valence-corrected chi connectivity index (χ2v) is 30.3. The molecule has 2 saturated heterocycles. The van der Waals surface area contributed by atoms with Gasteiger partial charge in [-0.2, -0.15) is 0 Å². The van der Waals surface area contributed by atoms with E-state index in [1.54, 1.807) is 47.6 Å². The molecule has 2 aliphatic rings. The molecule has 0 radical (unpaired) electrons. The minimum absolute atomic E-state index is 0.0128. The van der Waals surface area contributed by atoms with Gasteiger partial charge in [0.25, 0.3) is 0 Å². The van der Waals surface area contributed by atoms with E-state index in [1.165, 1.54) is 105 Å². The highest BCUT2D eigenvalue weighted by Gasteiger charge is 2.47. The van der Waals surface area contributed by atoms with Gasteiger partial charge in [-0.25, -0.2) is 0 Å². The van der Waals surface area contributed by atoms with Crippen LogP contribution in [0.4, 0.5) is 0 Å². The Bertz CT molecular complexity index is 2580. The summed E-state index contributed by atoms with van der Waals surface area (Å²) in [6, 6.07) is -13.7. The third-order valence-electron chi connectivity index (χ3n) is 18.5. The van der Waals surface area contributed by atoms with Gasteiger partial charge in [0.15, 0.2) is 0 Å². The lowest BCUT2D eigenvalue weighted by Gasteiger charge is -2.41. The minimum Gasteiger partial charge on any atom is -0.390 e. The molecule has 0 bridgehead atoms. The molecule has 2 aliphatic heterocycles. The maximum absolute atomic E-state index is 15.4. The van der Waals surface area contributed by atoms with E-state index in [0.29, 0.717) is 12.3 Å². The molecular formula is C69H124N12O12S. The molecule has 13 atom stereocenters. The SMILES string of the molecule is C/C=C/C[C@@H](C)[C@@H](O)C1C(=O)N[C@@H](CC)C(=O)N(C)C(CSN2CCC(C)CC2)C(=O)N(C)[C@@H](CC(C)C)C(=O)N[C@@H](C(C)C)C(=O)N(C)[C@@H](CC(C)C)C(=O)N[C@@H](C)C(=O)N[C@H](C)C(=O)N(C)[C@@H](CC(C)C)C(=O)N(C)[C@@H](CC(C)C)C(=O)N(C)[C@@H](C(C)C)C(=O)N1C. The summed E-state index contributed by atoms with van der Waals surface area (Å²) in [6.45, 7) is 33.8. The maximum atomic E-state index is 15.4. The number of likely N-dealkylation sites (N-methyl/N-ethyl adjacent to an activating group) is 7. The number of nitrogens with one attached hydrogen (secondary N) is 4. The van der Waals surface area contributed by atoms with Crippen LogP contribution in [0, 0.1) is 47.3 Å². The number of aliphatic hydroxyl groups excluding tert-OH is 1. The maximum Gasteiger partial charge on any atom is 0.246 e. The molecule has 2 heterocycles. The number of amides is 11. The molecule has 0 aromatic carbocycles. The van der Waals surface area contributed by atoms with Gasteiger partial charge in [0.1, 0.15) is 66.5 Å². The van der Waals surface area contributed by atoms with Crippen LogP contribution < -0.4 is 21.3 Å². The van der Waals surface area contributed by atoms with Crippen molar-refractivity contribution in [3.63, 3.8) is 0 Å². The fraction of sp³-hybridized carbons (Fsp3) is 0.812. The van der Waals surface area contributed by atoms with Crippen molar-refractivity contribution in [1.82, 2.24) is 59.9 Å². The zero-order chi connectivity index (χ0) is 72.2. The Kier molecular flexibility index (Phi) is 34.8. The second kappa shape index (κ2) is 38.8. The van der Waals surface area contributed by atoms with Crippen LogP contribution in [0.25, 0.3) is 0 Å². The van der Waals surface area contributed by atoms with Crippen LogP contribution in [-0.4, -0.2) is 249 Å². The van der Waals surface area contributed by atoms with Gasteiger partial charge >= 0.3 is 0 Å². The first-order valence-corrected chi connectivity index (χ1v) is 35.3. The summed E-state index contributed by atoms with van der Waals surface area (Å²) in [4.78, 5) is 173. The molecule has 2 unspecified atom stereocenters. The molecule has 25 heteroatoms. The Hall–Kier alpha value is -5.82. The van der Waals surface area contributed by atoms with Gasteiger partial charge in [0.05, 0.1) is 6.10 Å². The van der Waals surface area contributed by atoms with E-state index in [2.05, 4.69) is 32.5 Å². The lowest BCUT2D eigenvalue weighted by Crippen LogP contribution is -2.64. The Morgan fingerprint density at radius 3 is 1.32 bits per heavy atom. The van der Waals surface area contributed by atoms with Crippen molar-refractivity contribution >= 4 is 76.9 Å². The number of hydrogen-bond acceptors (Lipinski definition) is 14. The van der Waals surface area contributed by atoms with Crippen LogP contribution in [0.2, 0.25) is 0 Å². The van der Waals surface area contributed by atoms with Crippen molar-refractivity contribution in [1.29, 1.82) is 0 Å². The van der Waals surface area contributed by atoms with Crippen LogP contribution in [0.3, 0.4) is 0 Å². The van der Waals surface area contributed by atoms with Gasteiger partial charge in [-0.3, -0.25) is 57.0 Å². The molecule has 11 amide bonds. The van der Waals surface area contributed by atoms with Crippen LogP contribution in [-0.2, 0) is 52.7 Å². The monoisotopic (exact) mass is 1340 g/mol. The van der Waals surface area contributed by atoms with Crippen LogP contribution in [0.5, 0.6) is 0 Å². The third-order valence-corrected chi connectivity index (χ3v) is 19.7. The fourth-order valence-corrected chi connectivity index (χ4v) is 13.5. The van der Waals surface area contributed by atoms with Crippen LogP contribution >= 0.6 is 11.9 Å². The van der Waals surface area contributed by atoms with Crippen molar-refractivity contribution in [3.8, 4) is 0 Å². The number of carbonyl (C=O) groups excluding carboxylic acids is 11. The first-order chi connectivity index (χ1) is 43.6. The number of piperidine rings is 1. The van der Waals surface area contributed by atoms with Crippen molar-refractivity contribution in [2.24, 2.45) is 47.3 Å². The van der Waals surface area contributed by atoms with E-state index in [0.717, 1.165) is 30.8 Å². The molecule has 94 heavy (non-hydrogen) atoms. The minimum atomic E-state index is -1.63. The first-order valence-electron chi connectivity index (χ1n) is 34.3. The predicted octanol–water partition coefficient (Wildman–Crippen LogP) is 5.02. The third kappa shape index (κ3) is 23.5. The standard InChI is InChI=1S/C69H124N12O12S/c1-26-28-29-46(16)58(82)57-62(86)72-49(27-2)64(88)78(23)54(38-94-81-32-30-45(15)31-33-81)67(91)74(19)51(35-40(5)6)61(85)73-55(43(11)12)68(92)75(20)50(34-39(3)4)60(84)70-47(17)59(83)71-48(18)63(87)76(21)52(36-41(7)8)65(89)77(22)53(37-42(9)10)66(90)79(24)56(44(13)14)69(93)80(57)25/h26,28,39-58,82H,27,29-38H2,1-25H3,(H,70,84)(H,71,83)(H,72,86)(H,73,85)/b28-26+/t46-,47+,48-,49+,50+,51+,52+,53+,54?,55+,56+,57?,58-/m1/s1. The summed E-state index contributed by atoms with van der Waals surface area (Å²) in [6.07, 6.45) is 4.86. The summed E-state index contributed by atoms with van der Waals surface area (Å²) >= 11 is 1.41. The van der Waals surface area contributed by atoms with E-state index >= 15 is 28.8 Å². The van der Waals surface area contributed by atoms with Gasteiger partial charge < -0.3 is 60.7 Å². The van der Waals surface area contributed by atoms with E-state index in [9.17, 15) is 29.1 Å². The molecule has 538 valence electrons. The molecule has 0 aromatic heterocycles. The average Bonchev–Trinajstić information content (AvgIpc) is 0.810. The average molecular weight is 1350 g/mol.